The van der Waals surface area contributed by atoms with Gasteiger partial charge in [0.1, 0.15) is 5.82 Å². The number of aryl methyl sites for hydroxylation is 1. The molecule has 0 bridgehead atoms. The van der Waals surface area contributed by atoms with Crippen molar-refractivity contribution < 1.29 is 4.79 Å². The first-order valence-electron chi connectivity index (χ1n) is 7.56. The fourth-order valence-corrected chi connectivity index (χ4v) is 2.89. The van der Waals surface area contributed by atoms with Gasteiger partial charge in [-0.25, -0.2) is 5.43 Å². The van der Waals surface area contributed by atoms with E-state index in [2.05, 4.69) is 25.7 Å². The van der Waals surface area contributed by atoms with Crippen LogP contribution < -0.4 is 5.43 Å². The molecule has 126 valence electrons. The van der Waals surface area contributed by atoms with Crippen LogP contribution in [0.1, 0.15) is 11.4 Å². The number of hydrogen-bond acceptors (Lipinski definition) is 6. The van der Waals surface area contributed by atoms with E-state index in [1.807, 2.05) is 41.8 Å². The van der Waals surface area contributed by atoms with Crippen LogP contribution in [0.15, 0.2) is 65.1 Å². The van der Waals surface area contributed by atoms with E-state index in [9.17, 15) is 4.79 Å². The van der Waals surface area contributed by atoms with Gasteiger partial charge in [0, 0.05) is 18.1 Å². The molecular weight excluding hydrogens is 336 g/mol. The third kappa shape index (κ3) is 4.51. The average Bonchev–Trinajstić information content (AvgIpc) is 3.02. The smallest absolute Gasteiger partial charge is 0.250 e. The molecule has 0 spiro atoms. The number of nitrogens with zero attached hydrogens (tertiary/aromatic N) is 5. The predicted molar refractivity (Wildman–Crippen MR) is 96.8 cm³/mol. The second kappa shape index (κ2) is 8.20. The molecule has 0 atom stereocenters. The van der Waals surface area contributed by atoms with Crippen molar-refractivity contribution in [3.05, 3.63) is 66.2 Å². The number of carbonyl (C=O) groups excluding carboxylic acids is 1. The number of aromatic nitrogens is 4. The zero-order valence-electron chi connectivity index (χ0n) is 13.5. The van der Waals surface area contributed by atoms with Crippen molar-refractivity contribution in [3.8, 4) is 5.69 Å². The summed E-state index contributed by atoms with van der Waals surface area (Å²) in [5.74, 6) is 0.749. The summed E-state index contributed by atoms with van der Waals surface area (Å²) in [4.78, 5) is 15.9. The molecule has 0 radical (unpaired) electrons. The summed E-state index contributed by atoms with van der Waals surface area (Å²) in [6.07, 6.45) is 4.90. The summed E-state index contributed by atoms with van der Waals surface area (Å²) in [7, 11) is 0. The van der Waals surface area contributed by atoms with Gasteiger partial charge in [-0.1, -0.05) is 30.0 Å². The van der Waals surface area contributed by atoms with Gasteiger partial charge in [0.25, 0.3) is 5.91 Å². The molecule has 1 N–H and O–H groups in total. The minimum absolute atomic E-state index is 0.193. The van der Waals surface area contributed by atoms with E-state index in [-0.39, 0.29) is 11.7 Å². The highest BCUT2D eigenvalue weighted by Gasteiger charge is 2.12. The van der Waals surface area contributed by atoms with Crippen LogP contribution >= 0.6 is 11.8 Å². The minimum atomic E-state index is -0.212. The van der Waals surface area contributed by atoms with Crippen LogP contribution in [-0.2, 0) is 4.79 Å². The summed E-state index contributed by atoms with van der Waals surface area (Å²) >= 11 is 1.31. The molecule has 1 amide bonds. The van der Waals surface area contributed by atoms with Crippen molar-refractivity contribution in [1.29, 1.82) is 0 Å². The van der Waals surface area contributed by atoms with Crippen LogP contribution in [0, 0.1) is 6.92 Å². The molecule has 0 aliphatic rings. The molecule has 25 heavy (non-hydrogen) atoms. The van der Waals surface area contributed by atoms with Gasteiger partial charge in [0.15, 0.2) is 5.16 Å². The Morgan fingerprint density at radius 1 is 1.20 bits per heavy atom. The molecule has 8 heteroatoms. The lowest BCUT2D eigenvalue weighted by atomic mass is 10.3. The van der Waals surface area contributed by atoms with E-state index in [1.165, 1.54) is 11.8 Å². The highest BCUT2D eigenvalue weighted by Crippen LogP contribution is 2.21. The van der Waals surface area contributed by atoms with E-state index in [4.69, 9.17) is 0 Å². The number of thioether (sulfide) groups is 1. The van der Waals surface area contributed by atoms with Gasteiger partial charge in [-0.15, -0.1) is 10.2 Å². The largest absolute Gasteiger partial charge is 0.274 e. The molecule has 2 aromatic heterocycles. The number of hydrazone groups is 1. The first kappa shape index (κ1) is 16.8. The number of nitrogens with one attached hydrogen (secondary N) is 1. The van der Waals surface area contributed by atoms with Crippen LogP contribution in [0.3, 0.4) is 0 Å². The molecule has 7 nitrogen and oxygen atoms in total. The molecule has 0 unspecified atom stereocenters. The van der Waals surface area contributed by atoms with Crippen molar-refractivity contribution in [2.75, 3.05) is 5.75 Å². The van der Waals surface area contributed by atoms with E-state index in [0.29, 0.717) is 5.16 Å². The summed E-state index contributed by atoms with van der Waals surface area (Å²) in [5, 5.41) is 12.8. The lowest BCUT2D eigenvalue weighted by molar-refractivity contribution is -0.118. The summed E-state index contributed by atoms with van der Waals surface area (Å²) < 4.78 is 1.91. The number of benzene rings is 1. The third-order valence-corrected chi connectivity index (χ3v) is 4.18. The maximum Gasteiger partial charge on any atom is 0.250 e. The number of para-hydroxylation sites is 1. The number of rotatable bonds is 6. The molecule has 0 saturated carbocycles. The molecular formula is C17H16N6OS. The second-order valence-corrected chi connectivity index (χ2v) is 6.01. The Hall–Kier alpha value is -3.00. The molecule has 0 fully saturated rings. The lowest BCUT2D eigenvalue weighted by Crippen LogP contribution is -2.20. The van der Waals surface area contributed by atoms with Gasteiger partial charge in [-0.2, -0.15) is 5.10 Å². The van der Waals surface area contributed by atoms with Gasteiger partial charge in [0.2, 0.25) is 0 Å². The maximum atomic E-state index is 11.9. The standard InChI is InChI=1S/C17H16N6OS/c1-13-20-22-17(23(13)15-5-3-2-4-6-15)25-12-16(24)21-19-11-14-7-9-18-10-8-14/h2-11H,12H2,1H3,(H,21,24)/b19-11+. The van der Waals surface area contributed by atoms with Gasteiger partial charge >= 0.3 is 0 Å². The Morgan fingerprint density at radius 2 is 1.96 bits per heavy atom. The highest BCUT2D eigenvalue weighted by molar-refractivity contribution is 7.99. The lowest BCUT2D eigenvalue weighted by Gasteiger charge is -2.07. The number of amides is 1. The molecule has 0 aliphatic carbocycles. The van der Waals surface area contributed by atoms with Crippen molar-refractivity contribution in [2.24, 2.45) is 5.10 Å². The molecule has 1 aromatic carbocycles. The summed E-state index contributed by atoms with van der Waals surface area (Å²) in [6, 6.07) is 13.4. The molecule has 2 heterocycles. The van der Waals surface area contributed by atoms with Gasteiger partial charge in [0.05, 0.1) is 12.0 Å². The zero-order valence-corrected chi connectivity index (χ0v) is 14.3. The van der Waals surface area contributed by atoms with Gasteiger partial charge < -0.3 is 0 Å². The quantitative estimate of drug-likeness (QED) is 0.418. The molecule has 3 aromatic rings. The maximum absolute atomic E-state index is 11.9. The van der Waals surface area contributed by atoms with Crippen LogP contribution in [0.4, 0.5) is 0 Å². The Labute approximate surface area is 149 Å². The molecule has 3 rings (SSSR count). The van der Waals surface area contributed by atoms with Gasteiger partial charge in [-0.05, 0) is 36.8 Å². The Bertz CT molecular complexity index is 863. The normalized spacial score (nSPS) is 10.9. The average molecular weight is 352 g/mol. The topological polar surface area (TPSA) is 85.1 Å². The Balaban J connectivity index is 1.59. The predicted octanol–water partition coefficient (Wildman–Crippen LogP) is 2.21. The van der Waals surface area contributed by atoms with Crippen molar-refractivity contribution in [1.82, 2.24) is 25.2 Å². The van der Waals surface area contributed by atoms with Crippen LogP contribution in [0.2, 0.25) is 0 Å². The summed E-state index contributed by atoms with van der Waals surface area (Å²) in [6.45, 7) is 1.88. The minimum Gasteiger partial charge on any atom is -0.274 e. The fourth-order valence-electron chi connectivity index (χ4n) is 2.10. The highest BCUT2D eigenvalue weighted by atomic mass is 32.2. The number of carbonyl (C=O) groups is 1. The molecule has 0 saturated heterocycles. The first-order chi connectivity index (χ1) is 12.2. The van der Waals surface area contributed by atoms with Crippen LogP contribution in [0.5, 0.6) is 0 Å². The zero-order chi connectivity index (χ0) is 17.5. The van der Waals surface area contributed by atoms with Crippen molar-refractivity contribution >= 4 is 23.9 Å². The van der Waals surface area contributed by atoms with Crippen LogP contribution in [0.25, 0.3) is 5.69 Å². The number of pyridine rings is 1. The monoisotopic (exact) mass is 352 g/mol. The van der Waals surface area contributed by atoms with E-state index < -0.39 is 0 Å². The van der Waals surface area contributed by atoms with E-state index in [1.54, 1.807) is 30.7 Å². The number of hydrogen-bond donors (Lipinski definition) is 1. The van der Waals surface area contributed by atoms with Crippen LogP contribution in [-0.4, -0.2) is 37.6 Å². The fraction of sp³-hybridized carbons (Fsp3) is 0.118. The third-order valence-electron chi connectivity index (χ3n) is 3.25. The Morgan fingerprint density at radius 3 is 2.72 bits per heavy atom. The van der Waals surface area contributed by atoms with Gasteiger partial charge in [-0.3, -0.25) is 14.3 Å². The summed E-state index contributed by atoms with van der Waals surface area (Å²) in [5.41, 5.74) is 4.32. The van der Waals surface area contributed by atoms with E-state index in [0.717, 1.165) is 17.1 Å². The van der Waals surface area contributed by atoms with Crippen molar-refractivity contribution in [3.63, 3.8) is 0 Å². The first-order valence-corrected chi connectivity index (χ1v) is 8.55. The van der Waals surface area contributed by atoms with Crippen molar-refractivity contribution in [2.45, 2.75) is 12.1 Å². The SMILES string of the molecule is Cc1nnc(SCC(=O)N/N=C/c2ccncc2)n1-c1ccccc1. The molecule has 0 aliphatic heterocycles. The van der Waals surface area contributed by atoms with E-state index >= 15 is 0 Å². The Kier molecular flexibility index (Phi) is 5.53. The second-order valence-electron chi connectivity index (χ2n) is 5.06.